The fourth-order valence-corrected chi connectivity index (χ4v) is 1.32. The van der Waals surface area contributed by atoms with Crippen LogP contribution in [-0.4, -0.2) is 12.1 Å². The van der Waals surface area contributed by atoms with E-state index in [-0.39, 0.29) is 12.1 Å². The van der Waals surface area contributed by atoms with Crippen LogP contribution in [0.2, 0.25) is 0 Å². The molecule has 0 aromatic heterocycles. The van der Waals surface area contributed by atoms with Crippen molar-refractivity contribution in [1.82, 2.24) is 0 Å². The number of hydrogen-bond donors (Lipinski definition) is 0. The van der Waals surface area contributed by atoms with Crippen molar-refractivity contribution in [1.29, 1.82) is 0 Å². The first kappa shape index (κ1) is 12.2. The lowest BCUT2D eigenvalue weighted by Crippen LogP contribution is -2.22. The van der Waals surface area contributed by atoms with Crippen molar-refractivity contribution in [2.24, 2.45) is 5.92 Å². The van der Waals surface area contributed by atoms with E-state index in [9.17, 15) is 4.79 Å². The fraction of sp³-hybridized carbons (Fsp3) is 0.727. The molecule has 0 saturated carbocycles. The number of carbonyl (C=O) groups excluding carboxylic acids is 1. The van der Waals surface area contributed by atoms with Gasteiger partial charge in [-0.25, -0.2) is 0 Å². The van der Waals surface area contributed by atoms with Gasteiger partial charge in [-0.2, -0.15) is 0 Å². The van der Waals surface area contributed by atoms with Crippen molar-refractivity contribution < 1.29 is 9.53 Å². The van der Waals surface area contributed by atoms with Gasteiger partial charge in [-0.3, -0.25) is 4.79 Å². The number of allylic oxidation sites excluding steroid dienone is 2. The Morgan fingerprint density at radius 3 is 2.54 bits per heavy atom. The molecule has 0 bridgehead atoms. The van der Waals surface area contributed by atoms with Crippen LogP contribution in [0.25, 0.3) is 0 Å². The molecule has 0 N–H and O–H groups in total. The van der Waals surface area contributed by atoms with E-state index in [1.807, 2.05) is 19.9 Å². The zero-order chi connectivity index (χ0) is 10.3. The van der Waals surface area contributed by atoms with Crippen molar-refractivity contribution in [2.75, 3.05) is 0 Å². The standard InChI is InChI=1S/C11H20O2/c1-5-7-8-9(3)11(6-2)13-10(4)12/h5,7,9,11H,6,8H2,1-4H3/b7-5+/t9-,11+/m1/s1. The molecule has 0 saturated heterocycles. The van der Waals surface area contributed by atoms with Gasteiger partial charge in [0, 0.05) is 6.92 Å². The monoisotopic (exact) mass is 184 g/mol. The molecule has 2 atom stereocenters. The smallest absolute Gasteiger partial charge is 0.302 e. The maximum absolute atomic E-state index is 10.8. The van der Waals surface area contributed by atoms with Gasteiger partial charge >= 0.3 is 5.97 Å². The topological polar surface area (TPSA) is 26.3 Å². The largest absolute Gasteiger partial charge is 0.462 e. The van der Waals surface area contributed by atoms with Crippen molar-refractivity contribution in [2.45, 2.75) is 46.6 Å². The van der Waals surface area contributed by atoms with Crippen LogP contribution in [0.5, 0.6) is 0 Å². The molecule has 2 heteroatoms. The second-order valence-electron chi connectivity index (χ2n) is 3.34. The lowest BCUT2D eigenvalue weighted by Gasteiger charge is -2.21. The summed E-state index contributed by atoms with van der Waals surface area (Å²) >= 11 is 0. The Morgan fingerprint density at radius 1 is 1.54 bits per heavy atom. The van der Waals surface area contributed by atoms with Crippen LogP contribution < -0.4 is 0 Å². The van der Waals surface area contributed by atoms with Gasteiger partial charge in [-0.1, -0.05) is 26.0 Å². The van der Waals surface area contributed by atoms with Gasteiger partial charge < -0.3 is 4.74 Å². The molecule has 0 fully saturated rings. The molecule has 0 aliphatic heterocycles. The zero-order valence-electron chi connectivity index (χ0n) is 9.04. The van der Waals surface area contributed by atoms with Crippen LogP contribution in [0, 0.1) is 5.92 Å². The van der Waals surface area contributed by atoms with Gasteiger partial charge in [0.15, 0.2) is 0 Å². The fourth-order valence-electron chi connectivity index (χ4n) is 1.32. The minimum Gasteiger partial charge on any atom is -0.462 e. The average molecular weight is 184 g/mol. The normalized spacial score (nSPS) is 15.7. The van der Waals surface area contributed by atoms with Crippen LogP contribution in [0.15, 0.2) is 12.2 Å². The first-order chi connectivity index (χ1) is 6.11. The number of ether oxygens (including phenoxy) is 1. The maximum Gasteiger partial charge on any atom is 0.302 e. The molecular weight excluding hydrogens is 164 g/mol. The van der Waals surface area contributed by atoms with Gasteiger partial charge in [-0.05, 0) is 25.7 Å². The summed E-state index contributed by atoms with van der Waals surface area (Å²) in [6, 6.07) is 0. The summed E-state index contributed by atoms with van der Waals surface area (Å²) in [6.45, 7) is 7.61. The Hall–Kier alpha value is -0.790. The molecular formula is C11H20O2. The lowest BCUT2D eigenvalue weighted by molar-refractivity contribution is -0.148. The van der Waals surface area contributed by atoms with Gasteiger partial charge in [0.25, 0.3) is 0 Å². The summed E-state index contributed by atoms with van der Waals surface area (Å²) in [4.78, 5) is 10.8. The minimum atomic E-state index is -0.181. The van der Waals surface area contributed by atoms with Gasteiger partial charge in [-0.15, -0.1) is 0 Å². The van der Waals surface area contributed by atoms with Gasteiger partial charge in [0.1, 0.15) is 6.10 Å². The first-order valence-electron chi connectivity index (χ1n) is 4.90. The van der Waals surface area contributed by atoms with Crippen LogP contribution in [-0.2, 0) is 9.53 Å². The van der Waals surface area contributed by atoms with E-state index in [2.05, 4.69) is 13.0 Å². The van der Waals surface area contributed by atoms with E-state index in [4.69, 9.17) is 4.74 Å². The molecule has 0 rings (SSSR count). The van der Waals surface area contributed by atoms with Gasteiger partial charge in [0.2, 0.25) is 0 Å². The van der Waals surface area contributed by atoms with Crippen molar-refractivity contribution in [3.8, 4) is 0 Å². The molecule has 2 nitrogen and oxygen atoms in total. The molecule has 76 valence electrons. The third-order valence-electron chi connectivity index (χ3n) is 2.10. The van der Waals surface area contributed by atoms with Crippen molar-refractivity contribution in [3.05, 3.63) is 12.2 Å². The summed E-state index contributed by atoms with van der Waals surface area (Å²) in [6.07, 6.45) is 6.06. The molecule has 0 heterocycles. The average Bonchev–Trinajstić information content (AvgIpc) is 2.09. The number of carbonyl (C=O) groups is 1. The quantitative estimate of drug-likeness (QED) is 0.485. The minimum absolute atomic E-state index is 0.0636. The first-order valence-corrected chi connectivity index (χ1v) is 4.90. The van der Waals surface area contributed by atoms with E-state index >= 15 is 0 Å². The summed E-state index contributed by atoms with van der Waals surface area (Å²) in [5.41, 5.74) is 0. The van der Waals surface area contributed by atoms with E-state index in [0.29, 0.717) is 5.92 Å². The van der Waals surface area contributed by atoms with Crippen LogP contribution in [0.4, 0.5) is 0 Å². The zero-order valence-corrected chi connectivity index (χ0v) is 9.04. The summed E-state index contributed by atoms with van der Waals surface area (Å²) in [5, 5.41) is 0. The third kappa shape index (κ3) is 5.45. The molecule has 0 aliphatic rings. The Kier molecular flexibility index (Phi) is 6.29. The molecule has 0 amide bonds. The Balaban J connectivity index is 3.98. The van der Waals surface area contributed by atoms with E-state index in [1.165, 1.54) is 6.92 Å². The Bertz CT molecular complexity index is 173. The molecule has 0 unspecified atom stereocenters. The highest BCUT2D eigenvalue weighted by Crippen LogP contribution is 2.15. The van der Waals surface area contributed by atoms with Gasteiger partial charge in [0.05, 0.1) is 0 Å². The summed E-state index contributed by atoms with van der Waals surface area (Å²) < 4.78 is 5.19. The van der Waals surface area contributed by atoms with E-state index in [0.717, 1.165) is 12.8 Å². The maximum atomic E-state index is 10.8. The SMILES string of the molecule is C/C=C/C[C@@H](C)[C@H](CC)OC(C)=O. The predicted molar refractivity (Wildman–Crippen MR) is 54.4 cm³/mol. The highest BCUT2D eigenvalue weighted by atomic mass is 16.5. The predicted octanol–water partition coefficient (Wildman–Crippen LogP) is 2.93. The van der Waals surface area contributed by atoms with Crippen molar-refractivity contribution >= 4 is 5.97 Å². The van der Waals surface area contributed by atoms with E-state index < -0.39 is 0 Å². The summed E-state index contributed by atoms with van der Waals surface area (Å²) in [7, 11) is 0. The summed E-state index contributed by atoms with van der Waals surface area (Å²) in [5.74, 6) is 0.226. The molecule has 0 aliphatic carbocycles. The second kappa shape index (κ2) is 6.70. The Morgan fingerprint density at radius 2 is 2.15 bits per heavy atom. The van der Waals surface area contributed by atoms with Crippen LogP contribution in [0.3, 0.4) is 0 Å². The van der Waals surface area contributed by atoms with Crippen LogP contribution in [0.1, 0.15) is 40.5 Å². The number of esters is 1. The number of rotatable bonds is 5. The molecule has 0 aromatic carbocycles. The van der Waals surface area contributed by atoms with Crippen molar-refractivity contribution in [3.63, 3.8) is 0 Å². The third-order valence-corrected chi connectivity index (χ3v) is 2.10. The molecule has 0 aromatic rings. The molecule has 0 spiro atoms. The molecule has 0 radical (unpaired) electrons. The highest BCUT2D eigenvalue weighted by molar-refractivity contribution is 5.66. The molecule has 13 heavy (non-hydrogen) atoms. The Labute approximate surface area is 81.0 Å². The van der Waals surface area contributed by atoms with E-state index in [1.54, 1.807) is 0 Å². The number of hydrogen-bond acceptors (Lipinski definition) is 2. The lowest BCUT2D eigenvalue weighted by atomic mass is 9.98. The highest BCUT2D eigenvalue weighted by Gasteiger charge is 2.16. The second-order valence-corrected chi connectivity index (χ2v) is 3.34. The van der Waals surface area contributed by atoms with Crippen LogP contribution >= 0.6 is 0 Å².